The quantitative estimate of drug-likeness (QED) is 0.795. The van der Waals surface area contributed by atoms with Gasteiger partial charge in [-0.25, -0.2) is 0 Å². The molecule has 1 aliphatic carbocycles. The van der Waals surface area contributed by atoms with Gasteiger partial charge >= 0.3 is 5.97 Å². The van der Waals surface area contributed by atoms with Gasteiger partial charge in [0.05, 0.1) is 6.42 Å². The smallest absolute Gasteiger partial charge is 0.307 e. The Bertz CT molecular complexity index is 379. The monoisotopic (exact) mass is 219 g/mol. The van der Waals surface area contributed by atoms with E-state index in [9.17, 15) is 4.79 Å². The number of carboxylic acids is 1. The first-order chi connectivity index (χ1) is 7.57. The molecule has 0 radical (unpaired) electrons. The second-order valence-electron chi connectivity index (χ2n) is 4.80. The van der Waals surface area contributed by atoms with E-state index in [1.54, 1.807) is 0 Å². The van der Waals surface area contributed by atoms with E-state index in [0.717, 1.165) is 12.1 Å². The normalized spacial score (nSPS) is 17.1. The summed E-state index contributed by atoms with van der Waals surface area (Å²) in [6.07, 6.45) is 2.61. The van der Waals surface area contributed by atoms with Crippen molar-refractivity contribution in [2.24, 2.45) is 0 Å². The first kappa shape index (κ1) is 11.1. The molecule has 0 aromatic heterocycles. The second-order valence-corrected chi connectivity index (χ2v) is 4.80. The Morgan fingerprint density at radius 1 is 1.31 bits per heavy atom. The molecule has 16 heavy (non-hydrogen) atoms. The van der Waals surface area contributed by atoms with Crippen molar-refractivity contribution in [3.05, 3.63) is 35.4 Å². The van der Waals surface area contributed by atoms with Crippen molar-refractivity contribution in [2.75, 3.05) is 0 Å². The molecule has 0 aliphatic heterocycles. The highest BCUT2D eigenvalue weighted by Crippen LogP contribution is 2.34. The number of hydrogen-bond donors (Lipinski definition) is 2. The number of carbonyl (C=O) groups is 1. The van der Waals surface area contributed by atoms with Crippen LogP contribution in [-0.2, 0) is 17.8 Å². The molecule has 0 unspecified atom stereocenters. The molecule has 3 nitrogen and oxygen atoms in total. The number of nitrogens with one attached hydrogen (secondary N) is 1. The highest BCUT2D eigenvalue weighted by Gasteiger charge is 2.36. The van der Waals surface area contributed by atoms with Crippen LogP contribution < -0.4 is 5.32 Å². The zero-order chi connectivity index (χ0) is 11.6. The summed E-state index contributed by atoms with van der Waals surface area (Å²) in [7, 11) is 0. The van der Waals surface area contributed by atoms with Gasteiger partial charge in [-0.3, -0.25) is 4.79 Å². The fourth-order valence-corrected chi connectivity index (χ4v) is 1.63. The lowest BCUT2D eigenvalue weighted by Gasteiger charge is -2.11. The maximum atomic E-state index is 10.5. The molecule has 0 atom stereocenters. The van der Waals surface area contributed by atoms with Crippen molar-refractivity contribution in [3.63, 3.8) is 0 Å². The van der Waals surface area contributed by atoms with Crippen LogP contribution in [0.25, 0.3) is 0 Å². The Morgan fingerprint density at radius 3 is 2.38 bits per heavy atom. The van der Waals surface area contributed by atoms with Crippen LogP contribution in [-0.4, -0.2) is 16.6 Å². The molecular formula is C13H17NO2. The molecule has 1 fully saturated rings. The summed E-state index contributed by atoms with van der Waals surface area (Å²) in [5.74, 6) is -0.781. The maximum Gasteiger partial charge on any atom is 0.307 e. The fraction of sp³-hybridized carbons (Fsp3) is 0.462. The Kier molecular flexibility index (Phi) is 2.97. The summed E-state index contributed by atoms with van der Waals surface area (Å²) in [5, 5.41) is 12.1. The number of hydrogen-bond acceptors (Lipinski definition) is 2. The first-order valence-electron chi connectivity index (χ1n) is 5.62. The standard InChI is InChI=1S/C13H17NO2/c1-13(6-7-13)14-9-11-4-2-10(3-5-11)8-12(15)16/h2-5,14H,6-9H2,1H3,(H,15,16). The van der Waals surface area contributed by atoms with Gasteiger partial charge in [0.1, 0.15) is 0 Å². The van der Waals surface area contributed by atoms with E-state index in [-0.39, 0.29) is 6.42 Å². The van der Waals surface area contributed by atoms with Crippen molar-refractivity contribution >= 4 is 5.97 Å². The van der Waals surface area contributed by atoms with Crippen molar-refractivity contribution in [1.82, 2.24) is 5.32 Å². The molecule has 1 aromatic rings. The zero-order valence-corrected chi connectivity index (χ0v) is 9.49. The van der Waals surface area contributed by atoms with Gasteiger partial charge in [-0.2, -0.15) is 0 Å². The molecule has 0 spiro atoms. The molecule has 86 valence electrons. The predicted octanol–water partition coefficient (Wildman–Crippen LogP) is 1.96. The van der Waals surface area contributed by atoms with Crippen LogP contribution in [0.3, 0.4) is 0 Å². The van der Waals surface area contributed by atoms with E-state index in [4.69, 9.17) is 5.11 Å². The number of rotatable bonds is 5. The van der Waals surface area contributed by atoms with E-state index < -0.39 is 5.97 Å². The largest absolute Gasteiger partial charge is 0.481 e. The molecule has 2 N–H and O–H groups in total. The van der Waals surface area contributed by atoms with Gasteiger partial charge in [0.25, 0.3) is 0 Å². The lowest BCUT2D eigenvalue weighted by Crippen LogP contribution is -2.26. The van der Waals surface area contributed by atoms with Crippen LogP contribution in [0, 0.1) is 0 Å². The fourth-order valence-electron chi connectivity index (χ4n) is 1.63. The minimum Gasteiger partial charge on any atom is -0.481 e. The van der Waals surface area contributed by atoms with E-state index in [1.807, 2.05) is 24.3 Å². The highest BCUT2D eigenvalue weighted by molar-refractivity contribution is 5.70. The van der Waals surface area contributed by atoms with Crippen LogP contribution in [0.15, 0.2) is 24.3 Å². The lowest BCUT2D eigenvalue weighted by molar-refractivity contribution is -0.136. The van der Waals surface area contributed by atoms with Crippen LogP contribution >= 0.6 is 0 Å². The molecule has 0 saturated heterocycles. The molecule has 0 heterocycles. The van der Waals surface area contributed by atoms with Crippen molar-refractivity contribution in [2.45, 2.75) is 38.3 Å². The van der Waals surface area contributed by atoms with Gasteiger partial charge in [0.15, 0.2) is 0 Å². The van der Waals surface area contributed by atoms with Crippen molar-refractivity contribution < 1.29 is 9.90 Å². The molecular weight excluding hydrogens is 202 g/mol. The number of benzene rings is 1. The van der Waals surface area contributed by atoms with Crippen LogP contribution in [0.4, 0.5) is 0 Å². The minimum absolute atomic E-state index is 0.103. The Hall–Kier alpha value is -1.35. The maximum absolute atomic E-state index is 10.5. The van der Waals surface area contributed by atoms with Gasteiger partial charge in [0, 0.05) is 12.1 Å². The number of aliphatic carboxylic acids is 1. The van der Waals surface area contributed by atoms with Crippen molar-refractivity contribution in [1.29, 1.82) is 0 Å². The summed E-state index contributed by atoms with van der Waals surface area (Å²) in [6, 6.07) is 7.77. The van der Waals surface area contributed by atoms with E-state index in [1.165, 1.54) is 18.4 Å². The third kappa shape index (κ3) is 3.07. The average Bonchev–Trinajstić information content (AvgIpc) is 2.96. The SMILES string of the molecule is CC1(NCc2ccc(CC(=O)O)cc2)CC1. The van der Waals surface area contributed by atoms with Gasteiger partial charge in [-0.05, 0) is 30.9 Å². The number of carboxylic acid groups (broad SMARTS) is 1. The summed E-state index contributed by atoms with van der Waals surface area (Å²) in [5.41, 5.74) is 2.41. The topological polar surface area (TPSA) is 49.3 Å². The molecule has 1 aromatic carbocycles. The second kappa shape index (κ2) is 4.26. The van der Waals surface area contributed by atoms with Crippen molar-refractivity contribution in [3.8, 4) is 0 Å². The molecule has 1 aliphatic rings. The van der Waals surface area contributed by atoms with E-state index in [0.29, 0.717) is 5.54 Å². The molecule has 3 heteroatoms. The Balaban J connectivity index is 1.88. The molecule has 1 saturated carbocycles. The molecule has 0 bridgehead atoms. The third-order valence-corrected chi connectivity index (χ3v) is 3.10. The molecule has 2 rings (SSSR count). The Morgan fingerprint density at radius 2 is 1.88 bits per heavy atom. The highest BCUT2D eigenvalue weighted by atomic mass is 16.4. The van der Waals surface area contributed by atoms with E-state index >= 15 is 0 Å². The zero-order valence-electron chi connectivity index (χ0n) is 9.49. The van der Waals surface area contributed by atoms with Crippen LogP contribution in [0.2, 0.25) is 0 Å². The van der Waals surface area contributed by atoms with Crippen LogP contribution in [0.5, 0.6) is 0 Å². The van der Waals surface area contributed by atoms with Crippen LogP contribution in [0.1, 0.15) is 30.9 Å². The predicted molar refractivity (Wildman–Crippen MR) is 62.3 cm³/mol. The Labute approximate surface area is 95.5 Å². The summed E-state index contributed by atoms with van der Waals surface area (Å²) in [6.45, 7) is 3.09. The van der Waals surface area contributed by atoms with E-state index in [2.05, 4.69) is 12.2 Å². The summed E-state index contributed by atoms with van der Waals surface area (Å²) >= 11 is 0. The summed E-state index contributed by atoms with van der Waals surface area (Å²) in [4.78, 5) is 10.5. The lowest BCUT2D eigenvalue weighted by atomic mass is 10.1. The summed E-state index contributed by atoms with van der Waals surface area (Å²) < 4.78 is 0. The molecule has 0 amide bonds. The van der Waals surface area contributed by atoms with Gasteiger partial charge in [-0.1, -0.05) is 24.3 Å². The minimum atomic E-state index is -0.781. The average molecular weight is 219 g/mol. The third-order valence-electron chi connectivity index (χ3n) is 3.10. The van der Waals surface area contributed by atoms with Gasteiger partial charge < -0.3 is 10.4 Å². The van der Waals surface area contributed by atoms with Gasteiger partial charge in [-0.15, -0.1) is 0 Å². The van der Waals surface area contributed by atoms with Gasteiger partial charge in [0.2, 0.25) is 0 Å². The first-order valence-corrected chi connectivity index (χ1v) is 5.62.